The fourth-order valence-corrected chi connectivity index (χ4v) is 1.86. The van der Waals surface area contributed by atoms with E-state index in [1.807, 2.05) is 0 Å². The highest BCUT2D eigenvalue weighted by Gasteiger charge is 2.09. The molecule has 0 spiro atoms. The Morgan fingerprint density at radius 2 is 1.38 bits per heavy atom. The molecular weight excluding hydrogens is 304 g/mol. The van der Waals surface area contributed by atoms with Crippen molar-refractivity contribution in [2.45, 2.75) is 52.4 Å². The van der Waals surface area contributed by atoms with E-state index in [1.54, 1.807) is 30.6 Å². The van der Waals surface area contributed by atoms with Crippen molar-refractivity contribution in [2.75, 3.05) is 0 Å². The Balaban J connectivity index is 2.55. The van der Waals surface area contributed by atoms with Crippen LogP contribution in [0.15, 0.2) is 34.5 Å². The Kier molecular flexibility index (Phi) is 9.76. The van der Waals surface area contributed by atoms with Crippen LogP contribution in [0.1, 0.15) is 73.1 Å². The Morgan fingerprint density at radius 1 is 0.917 bits per heavy atom. The van der Waals surface area contributed by atoms with Gasteiger partial charge in [0.1, 0.15) is 0 Å². The molecule has 0 aromatic heterocycles. The highest BCUT2D eigenvalue weighted by molar-refractivity contribution is 5.99. The number of benzene rings is 1. The van der Waals surface area contributed by atoms with Gasteiger partial charge in [-0.15, -0.1) is 0 Å². The minimum atomic E-state index is -0.344. The van der Waals surface area contributed by atoms with Gasteiger partial charge in [-0.1, -0.05) is 32.8 Å². The monoisotopic (exact) mass is 330 g/mol. The van der Waals surface area contributed by atoms with E-state index < -0.39 is 0 Å². The summed E-state index contributed by atoms with van der Waals surface area (Å²) in [5.74, 6) is -0.687. The van der Waals surface area contributed by atoms with Crippen molar-refractivity contribution in [1.29, 1.82) is 0 Å². The standard InChI is InChI=1S/C18H26N4O2/c1-3-5-7-12-19-21-17(23)15-10-9-11-16(14-15)18(24)22-20-13-8-6-4-2/h9-14H,3-8H2,1-2H3,(H,21,23)(H,22,24). The molecule has 0 aliphatic carbocycles. The first-order valence-electron chi connectivity index (χ1n) is 8.42. The van der Waals surface area contributed by atoms with Gasteiger partial charge >= 0.3 is 0 Å². The van der Waals surface area contributed by atoms with Gasteiger partial charge < -0.3 is 0 Å². The smallest absolute Gasteiger partial charge is 0.267 e. The average molecular weight is 330 g/mol. The largest absolute Gasteiger partial charge is 0.271 e. The third-order valence-electron chi connectivity index (χ3n) is 3.28. The van der Waals surface area contributed by atoms with Gasteiger partial charge in [-0.05, 0) is 43.9 Å². The molecule has 24 heavy (non-hydrogen) atoms. The van der Waals surface area contributed by atoms with E-state index >= 15 is 0 Å². The van der Waals surface area contributed by atoms with Crippen LogP contribution in [-0.2, 0) is 0 Å². The van der Waals surface area contributed by atoms with Gasteiger partial charge in [0.2, 0.25) is 0 Å². The maximum Gasteiger partial charge on any atom is 0.271 e. The molecule has 1 aromatic carbocycles. The molecule has 130 valence electrons. The zero-order valence-electron chi connectivity index (χ0n) is 14.4. The minimum absolute atomic E-state index is 0.344. The lowest BCUT2D eigenvalue weighted by molar-refractivity contribution is 0.0954. The predicted molar refractivity (Wildman–Crippen MR) is 97.4 cm³/mol. The summed E-state index contributed by atoms with van der Waals surface area (Å²) in [4.78, 5) is 24.0. The van der Waals surface area contributed by atoms with Crippen molar-refractivity contribution >= 4 is 24.2 Å². The summed E-state index contributed by atoms with van der Waals surface area (Å²) in [6.45, 7) is 4.19. The lowest BCUT2D eigenvalue weighted by Crippen LogP contribution is -2.20. The summed E-state index contributed by atoms with van der Waals surface area (Å²) in [6.07, 6.45) is 9.26. The second kappa shape index (κ2) is 12.0. The van der Waals surface area contributed by atoms with E-state index in [9.17, 15) is 9.59 Å². The van der Waals surface area contributed by atoms with Gasteiger partial charge in [-0.25, -0.2) is 10.9 Å². The topological polar surface area (TPSA) is 82.9 Å². The lowest BCUT2D eigenvalue weighted by atomic mass is 10.1. The Morgan fingerprint density at radius 3 is 1.79 bits per heavy atom. The van der Waals surface area contributed by atoms with E-state index in [1.165, 1.54) is 6.07 Å². The molecule has 2 N–H and O–H groups in total. The van der Waals surface area contributed by atoms with E-state index in [4.69, 9.17) is 0 Å². The fourth-order valence-electron chi connectivity index (χ4n) is 1.86. The van der Waals surface area contributed by atoms with Gasteiger partial charge in [0.25, 0.3) is 11.8 Å². The van der Waals surface area contributed by atoms with E-state index in [2.05, 4.69) is 34.9 Å². The number of amides is 2. The maximum absolute atomic E-state index is 12.0. The summed E-state index contributed by atoms with van der Waals surface area (Å²) in [6, 6.07) is 6.45. The number of carbonyl (C=O) groups is 2. The normalized spacial score (nSPS) is 11.1. The number of hydrazone groups is 2. The summed E-state index contributed by atoms with van der Waals surface area (Å²) in [7, 11) is 0. The summed E-state index contributed by atoms with van der Waals surface area (Å²) >= 11 is 0. The van der Waals surface area contributed by atoms with Crippen LogP contribution in [-0.4, -0.2) is 24.2 Å². The molecule has 0 radical (unpaired) electrons. The molecule has 0 bridgehead atoms. The molecule has 0 aliphatic rings. The Bertz CT molecular complexity index is 535. The molecule has 6 heteroatoms. The first-order valence-corrected chi connectivity index (χ1v) is 8.42. The zero-order valence-corrected chi connectivity index (χ0v) is 14.4. The second-order valence-electron chi connectivity index (χ2n) is 5.37. The molecule has 0 aliphatic heterocycles. The number of nitrogens with zero attached hydrogens (tertiary/aromatic N) is 2. The molecule has 6 nitrogen and oxygen atoms in total. The van der Waals surface area contributed by atoms with Gasteiger partial charge in [-0.2, -0.15) is 10.2 Å². The molecule has 1 rings (SSSR count). The van der Waals surface area contributed by atoms with Crippen LogP contribution in [0.3, 0.4) is 0 Å². The number of hydrogen-bond acceptors (Lipinski definition) is 4. The van der Waals surface area contributed by atoms with Crippen molar-refractivity contribution in [2.24, 2.45) is 10.2 Å². The molecule has 0 unspecified atom stereocenters. The third kappa shape index (κ3) is 7.67. The van der Waals surface area contributed by atoms with Crippen LogP contribution in [0.25, 0.3) is 0 Å². The number of carbonyl (C=O) groups excluding carboxylic acids is 2. The van der Waals surface area contributed by atoms with Crippen molar-refractivity contribution in [3.8, 4) is 0 Å². The summed E-state index contributed by atoms with van der Waals surface area (Å²) in [5.41, 5.74) is 5.68. The Hall–Kier alpha value is -2.50. The van der Waals surface area contributed by atoms with Gasteiger partial charge in [0.05, 0.1) is 0 Å². The van der Waals surface area contributed by atoms with Crippen LogP contribution in [0.5, 0.6) is 0 Å². The maximum atomic E-state index is 12.0. The van der Waals surface area contributed by atoms with E-state index in [0.717, 1.165) is 38.5 Å². The molecule has 2 amide bonds. The van der Waals surface area contributed by atoms with Gasteiger partial charge in [0, 0.05) is 23.6 Å². The number of unbranched alkanes of at least 4 members (excludes halogenated alkanes) is 4. The Labute approximate surface area is 143 Å². The fraction of sp³-hybridized carbons (Fsp3) is 0.444. The molecule has 0 saturated carbocycles. The van der Waals surface area contributed by atoms with Crippen LogP contribution in [0.4, 0.5) is 0 Å². The summed E-state index contributed by atoms with van der Waals surface area (Å²) < 4.78 is 0. The molecular formula is C18H26N4O2. The van der Waals surface area contributed by atoms with Crippen molar-refractivity contribution in [3.05, 3.63) is 35.4 Å². The first-order chi connectivity index (χ1) is 11.7. The lowest BCUT2D eigenvalue weighted by Gasteiger charge is -2.03. The van der Waals surface area contributed by atoms with Gasteiger partial charge in [-0.3, -0.25) is 9.59 Å². The quantitative estimate of drug-likeness (QED) is 0.391. The van der Waals surface area contributed by atoms with Crippen LogP contribution in [0, 0.1) is 0 Å². The number of nitrogens with one attached hydrogen (secondary N) is 2. The van der Waals surface area contributed by atoms with Crippen LogP contribution < -0.4 is 10.9 Å². The average Bonchev–Trinajstić information content (AvgIpc) is 2.61. The summed E-state index contributed by atoms with van der Waals surface area (Å²) in [5, 5.41) is 7.78. The highest BCUT2D eigenvalue weighted by atomic mass is 16.2. The second-order valence-corrected chi connectivity index (χ2v) is 5.37. The first kappa shape index (κ1) is 19.5. The highest BCUT2D eigenvalue weighted by Crippen LogP contribution is 2.05. The number of hydrogen-bond donors (Lipinski definition) is 2. The van der Waals surface area contributed by atoms with E-state index in [-0.39, 0.29) is 11.8 Å². The zero-order chi connectivity index (χ0) is 17.6. The van der Waals surface area contributed by atoms with Crippen LogP contribution >= 0.6 is 0 Å². The van der Waals surface area contributed by atoms with Crippen molar-refractivity contribution < 1.29 is 9.59 Å². The molecule has 0 fully saturated rings. The molecule has 1 aromatic rings. The predicted octanol–water partition coefficient (Wildman–Crippen LogP) is 3.50. The van der Waals surface area contributed by atoms with Crippen LogP contribution in [0.2, 0.25) is 0 Å². The third-order valence-corrected chi connectivity index (χ3v) is 3.28. The van der Waals surface area contributed by atoms with Crippen molar-refractivity contribution in [3.63, 3.8) is 0 Å². The molecule has 0 atom stereocenters. The molecule has 0 saturated heterocycles. The number of rotatable bonds is 10. The van der Waals surface area contributed by atoms with E-state index in [0.29, 0.717) is 11.1 Å². The van der Waals surface area contributed by atoms with Crippen molar-refractivity contribution in [1.82, 2.24) is 10.9 Å². The minimum Gasteiger partial charge on any atom is -0.267 e. The SMILES string of the molecule is CCCCC=NNC(=O)c1cccc(C(=O)NN=CCCCC)c1. The molecule has 0 heterocycles. The van der Waals surface area contributed by atoms with Gasteiger partial charge in [0.15, 0.2) is 0 Å².